The fourth-order valence-electron chi connectivity index (χ4n) is 12.4. The highest BCUT2D eigenvalue weighted by Crippen LogP contribution is 2.48. The minimum atomic E-state index is 0.411. The minimum Gasteiger partial charge on any atom is -0.310 e. The molecule has 0 saturated heterocycles. The Morgan fingerprint density at radius 3 is 1.09 bits per heavy atom. The molecule has 0 unspecified atom stereocenters. The van der Waals surface area contributed by atoms with Gasteiger partial charge >= 0.3 is 0 Å². The monoisotopic (exact) mass is 1140 g/mol. The maximum atomic E-state index is 10.00. The van der Waals surface area contributed by atoms with E-state index in [0.717, 1.165) is 116 Å². The lowest BCUT2D eigenvalue weighted by atomic mass is 9.96. The molecular weight excluding hydrogens is 1100 g/mol. The molecule has 0 aliphatic rings. The first-order valence-corrected chi connectivity index (χ1v) is 29.0. The van der Waals surface area contributed by atoms with Gasteiger partial charge < -0.3 is 9.13 Å². The van der Waals surface area contributed by atoms with Gasteiger partial charge in [-0.3, -0.25) is 0 Å². The normalized spacial score (nSPS) is 11.1. The number of benzene rings is 12. The third kappa shape index (κ3) is 9.41. The summed E-state index contributed by atoms with van der Waals surface area (Å²) in [6.45, 7) is 32.7. The van der Waals surface area contributed by atoms with Crippen LogP contribution in [0.3, 0.4) is 0 Å². The number of aromatic nitrogens is 5. The van der Waals surface area contributed by atoms with E-state index in [1.807, 2.05) is 164 Å². The molecule has 10 heteroatoms. The molecule has 0 fully saturated rings. The molecule has 15 rings (SSSR count). The number of fused-ring (bicyclic) bond motifs is 6. The van der Waals surface area contributed by atoms with Gasteiger partial charge in [-0.05, 0) is 153 Å². The zero-order valence-electron chi connectivity index (χ0n) is 47.9. The summed E-state index contributed by atoms with van der Waals surface area (Å²) in [6, 6.07) is 90.6. The van der Waals surface area contributed by atoms with Crippen molar-refractivity contribution in [3.8, 4) is 107 Å². The summed E-state index contributed by atoms with van der Waals surface area (Å²) in [6.07, 6.45) is 0. The van der Waals surface area contributed by atoms with Crippen LogP contribution in [0.4, 0.5) is 22.7 Å². The molecule has 12 aromatic carbocycles. The van der Waals surface area contributed by atoms with E-state index in [9.17, 15) is 5.26 Å². The van der Waals surface area contributed by atoms with Gasteiger partial charge in [-0.25, -0.2) is 34.3 Å². The fraction of sp³-hybridized carbons (Fsp3) is 0. The molecule has 3 aromatic heterocycles. The number of hydrogen-bond acceptors (Lipinski definition) is 4. The Balaban J connectivity index is 1.04. The lowest BCUT2D eigenvalue weighted by Crippen LogP contribution is -2.04. The molecule has 0 aliphatic heterocycles. The predicted octanol–water partition coefficient (Wildman–Crippen LogP) is 21.5. The Morgan fingerprint density at radius 2 is 0.667 bits per heavy atom. The van der Waals surface area contributed by atoms with Crippen LogP contribution in [0.15, 0.2) is 267 Å². The largest absolute Gasteiger partial charge is 0.310 e. The first-order chi connectivity index (χ1) is 44.3. The molecule has 0 spiro atoms. The van der Waals surface area contributed by atoms with Crippen molar-refractivity contribution in [3.05, 3.63) is 318 Å². The smallest absolute Gasteiger partial charge is 0.197 e. The van der Waals surface area contributed by atoms with Gasteiger partial charge in [-0.1, -0.05) is 164 Å². The van der Waals surface area contributed by atoms with Crippen LogP contribution in [0, 0.1) is 37.6 Å². The molecule has 0 radical (unpaired) electrons. The van der Waals surface area contributed by atoms with Gasteiger partial charge in [0.15, 0.2) is 40.2 Å². The quantitative estimate of drug-likeness (QED) is 0.128. The zero-order valence-corrected chi connectivity index (χ0v) is 47.9. The lowest BCUT2D eigenvalue weighted by Gasteiger charge is -2.21. The highest BCUT2D eigenvalue weighted by molar-refractivity contribution is 6.15. The molecule has 3 heterocycles. The molecule has 414 valence electrons. The first-order valence-electron chi connectivity index (χ1n) is 29.0. The van der Waals surface area contributed by atoms with Crippen molar-refractivity contribution in [2.45, 2.75) is 0 Å². The molecule has 0 bridgehead atoms. The highest BCUT2D eigenvalue weighted by Gasteiger charge is 2.26. The molecule has 0 amide bonds. The molecule has 10 nitrogen and oxygen atoms in total. The van der Waals surface area contributed by atoms with E-state index < -0.39 is 0 Å². The SMILES string of the molecule is [C-]#[N+]c1cccc(-c2ccc3c(c2)c2cc(-c4cccc([N+]#[C-])c4)ccc2n3-c2ccc(-c3nc(-c4ccccc4)nc(-c4ccccc4)n3)cc2-c2c([N+]#[C-])cccc2-n2c3ccc(-c4cccc(C#N)c4)cc3c3cc(-c4cccc([N+]#[C-])c4)ccc32)c1. The van der Waals surface area contributed by atoms with Gasteiger partial charge in [0.25, 0.3) is 0 Å². The average Bonchev–Trinajstić information content (AvgIpc) is 1.58. The van der Waals surface area contributed by atoms with Crippen LogP contribution in [-0.2, 0) is 0 Å². The van der Waals surface area contributed by atoms with Crippen LogP contribution in [0.25, 0.3) is 164 Å². The summed E-state index contributed by atoms with van der Waals surface area (Å²) in [5, 5.41) is 13.8. The maximum absolute atomic E-state index is 10.00. The van der Waals surface area contributed by atoms with Crippen LogP contribution in [-0.4, -0.2) is 24.1 Å². The second-order valence-electron chi connectivity index (χ2n) is 21.8. The Hall–Kier alpha value is -13.3. The van der Waals surface area contributed by atoms with E-state index in [-0.39, 0.29) is 0 Å². The number of nitrogens with zero attached hydrogens (tertiary/aromatic N) is 10. The van der Waals surface area contributed by atoms with E-state index in [0.29, 0.717) is 56.9 Å². The van der Waals surface area contributed by atoms with Crippen molar-refractivity contribution in [1.29, 1.82) is 5.26 Å². The van der Waals surface area contributed by atoms with Gasteiger partial charge in [0.05, 0.1) is 65.7 Å². The van der Waals surface area contributed by atoms with E-state index in [1.165, 1.54) is 0 Å². The Bertz CT molecular complexity index is 5400. The van der Waals surface area contributed by atoms with E-state index in [1.54, 1.807) is 6.07 Å². The molecular formula is C80H44N10. The topological polar surface area (TPSA) is 89.8 Å². The summed E-state index contributed by atoms with van der Waals surface area (Å²) < 4.78 is 4.53. The van der Waals surface area contributed by atoms with Crippen molar-refractivity contribution in [1.82, 2.24) is 24.1 Å². The number of nitriles is 1. The minimum absolute atomic E-state index is 0.411. The zero-order chi connectivity index (χ0) is 60.8. The lowest BCUT2D eigenvalue weighted by molar-refractivity contribution is 1.07. The maximum Gasteiger partial charge on any atom is 0.197 e. The number of hydrogen-bond donors (Lipinski definition) is 0. The summed E-state index contributed by atoms with van der Waals surface area (Å²) in [7, 11) is 0. The summed E-state index contributed by atoms with van der Waals surface area (Å²) >= 11 is 0. The molecule has 0 saturated carbocycles. The van der Waals surface area contributed by atoms with Crippen LogP contribution in [0.5, 0.6) is 0 Å². The van der Waals surface area contributed by atoms with E-state index >= 15 is 0 Å². The summed E-state index contributed by atoms with van der Waals surface area (Å²) in [5.41, 5.74) is 18.8. The second kappa shape index (κ2) is 22.3. The standard InChI is InChI=1S/C80H44N10/c1-82-62-25-12-22-54(41-62)58-31-35-71-65(45-58)66-46-59(55-23-13-26-63(42-55)83-2)32-36-72(66)89(71)75-39-34-61(80-87-78(51-17-7-5-8-18-51)86-79(88-80)52-19-9-6-10-20-52)48-69(75)77-70(85-4)28-15-29-76(77)90-73-37-30-57(53-21-11-16-50(40-53)49-81)44-67(73)68-47-60(33-38-74(68)90)56-24-14-27-64(43-56)84-3/h5-48H. The van der Waals surface area contributed by atoms with Crippen LogP contribution in [0.2, 0.25) is 0 Å². The van der Waals surface area contributed by atoms with Crippen molar-refractivity contribution >= 4 is 66.4 Å². The highest BCUT2D eigenvalue weighted by atomic mass is 15.0. The average molecular weight is 1150 g/mol. The summed E-state index contributed by atoms with van der Waals surface area (Å²) in [4.78, 5) is 31.2. The van der Waals surface area contributed by atoms with Gasteiger partial charge in [0, 0.05) is 49.5 Å². The van der Waals surface area contributed by atoms with Gasteiger partial charge in [-0.15, -0.1) is 0 Å². The van der Waals surface area contributed by atoms with Crippen molar-refractivity contribution in [2.75, 3.05) is 0 Å². The van der Waals surface area contributed by atoms with Gasteiger partial charge in [0.2, 0.25) is 0 Å². The fourth-order valence-corrected chi connectivity index (χ4v) is 12.4. The molecule has 90 heavy (non-hydrogen) atoms. The molecule has 15 aromatic rings. The second-order valence-corrected chi connectivity index (χ2v) is 21.8. The van der Waals surface area contributed by atoms with Crippen LogP contribution < -0.4 is 0 Å². The van der Waals surface area contributed by atoms with E-state index in [4.69, 9.17) is 41.2 Å². The molecule has 0 atom stereocenters. The van der Waals surface area contributed by atoms with Gasteiger partial charge in [-0.2, -0.15) is 5.26 Å². The molecule has 0 aliphatic carbocycles. The summed E-state index contributed by atoms with van der Waals surface area (Å²) in [5.74, 6) is 1.46. The first kappa shape index (κ1) is 53.4. The van der Waals surface area contributed by atoms with Crippen molar-refractivity contribution in [2.24, 2.45) is 0 Å². The molecule has 0 N–H and O–H groups in total. The van der Waals surface area contributed by atoms with Crippen LogP contribution in [0.1, 0.15) is 5.56 Å². The van der Waals surface area contributed by atoms with Crippen molar-refractivity contribution in [3.63, 3.8) is 0 Å². The van der Waals surface area contributed by atoms with Gasteiger partial charge in [0.1, 0.15) is 0 Å². The third-order valence-corrected chi connectivity index (χ3v) is 16.6. The van der Waals surface area contributed by atoms with E-state index in [2.05, 4.69) is 132 Å². The predicted molar refractivity (Wildman–Crippen MR) is 362 cm³/mol. The Kier molecular flexibility index (Phi) is 13.2. The Labute approximate surface area is 518 Å². The third-order valence-electron chi connectivity index (χ3n) is 16.6. The number of rotatable bonds is 10. The van der Waals surface area contributed by atoms with Crippen LogP contribution >= 0.6 is 0 Å². The van der Waals surface area contributed by atoms with Crippen molar-refractivity contribution < 1.29 is 0 Å². The Morgan fingerprint density at radius 1 is 0.300 bits per heavy atom.